The average Bonchev–Trinajstić information content (AvgIpc) is 3.54. The summed E-state index contributed by atoms with van der Waals surface area (Å²) in [7, 11) is 0. The van der Waals surface area contributed by atoms with Gasteiger partial charge in [0, 0.05) is 11.5 Å². The maximum absolute atomic E-state index is 13.6. The summed E-state index contributed by atoms with van der Waals surface area (Å²) in [6.07, 6.45) is 5.07. The Labute approximate surface area is 201 Å². The Morgan fingerprint density at radius 3 is 2.85 bits per heavy atom. The molecule has 0 spiro atoms. The van der Waals surface area contributed by atoms with E-state index in [2.05, 4.69) is 5.32 Å². The number of aryl methyl sites for hydroxylation is 2. The number of benzene rings is 1. The maximum atomic E-state index is 13.6. The SMILES string of the molecule is C[C@H](NC(=O)[C@@H](C)Sc1nc2sc3c(c2c(=O)n1C[C@@H]1CCCO1)CCC3)c1ccccc1. The predicted molar refractivity (Wildman–Crippen MR) is 133 cm³/mol. The quantitative estimate of drug-likeness (QED) is 0.396. The Morgan fingerprint density at radius 1 is 1.27 bits per heavy atom. The average molecular weight is 484 g/mol. The van der Waals surface area contributed by atoms with Gasteiger partial charge in [0.25, 0.3) is 5.56 Å². The van der Waals surface area contributed by atoms with Gasteiger partial charge in [-0.25, -0.2) is 4.98 Å². The summed E-state index contributed by atoms with van der Waals surface area (Å²) in [5.41, 5.74) is 2.27. The summed E-state index contributed by atoms with van der Waals surface area (Å²) in [5, 5.41) is 4.10. The number of hydrogen-bond donors (Lipinski definition) is 1. The normalized spacial score (nSPS) is 19.5. The number of rotatable bonds is 7. The highest BCUT2D eigenvalue weighted by Crippen LogP contribution is 2.36. The summed E-state index contributed by atoms with van der Waals surface area (Å²) in [6.45, 7) is 5.08. The van der Waals surface area contributed by atoms with Gasteiger partial charge in [0.2, 0.25) is 5.91 Å². The molecule has 6 nitrogen and oxygen atoms in total. The Bertz CT molecular complexity index is 1220. The van der Waals surface area contributed by atoms with Gasteiger partial charge in [-0.05, 0) is 57.1 Å². The van der Waals surface area contributed by atoms with E-state index in [1.807, 2.05) is 44.2 Å². The van der Waals surface area contributed by atoms with Gasteiger partial charge in [-0.1, -0.05) is 42.1 Å². The van der Waals surface area contributed by atoms with E-state index in [-0.39, 0.29) is 28.9 Å². The van der Waals surface area contributed by atoms with Crippen molar-refractivity contribution in [2.75, 3.05) is 6.61 Å². The van der Waals surface area contributed by atoms with Crippen LogP contribution in [-0.2, 0) is 28.9 Å². The van der Waals surface area contributed by atoms with Crippen molar-refractivity contribution in [1.29, 1.82) is 0 Å². The van der Waals surface area contributed by atoms with E-state index in [9.17, 15) is 9.59 Å². The van der Waals surface area contributed by atoms with Gasteiger partial charge < -0.3 is 10.1 Å². The van der Waals surface area contributed by atoms with Crippen LogP contribution in [0.1, 0.15) is 55.2 Å². The standard InChI is InChI=1S/C25H29N3O3S2/c1-15(17-8-4-3-5-9-17)26-22(29)16(2)32-25-27-23-21(19-11-6-12-20(19)33-23)24(30)28(25)14-18-10-7-13-31-18/h3-5,8-9,15-16,18H,6-7,10-14H2,1-2H3,(H,26,29)/t15-,16+,18-/m0/s1. The minimum atomic E-state index is -0.386. The van der Waals surface area contributed by atoms with E-state index in [0.29, 0.717) is 11.7 Å². The van der Waals surface area contributed by atoms with E-state index >= 15 is 0 Å². The lowest BCUT2D eigenvalue weighted by atomic mass is 10.1. The second-order valence-corrected chi connectivity index (χ2v) is 11.3. The van der Waals surface area contributed by atoms with E-state index in [4.69, 9.17) is 9.72 Å². The van der Waals surface area contributed by atoms with Crippen LogP contribution in [-0.4, -0.2) is 33.4 Å². The van der Waals surface area contributed by atoms with Crippen LogP contribution in [0.25, 0.3) is 10.2 Å². The minimum absolute atomic E-state index is 0.0164. The first kappa shape index (κ1) is 22.6. The molecule has 2 aromatic heterocycles. The summed E-state index contributed by atoms with van der Waals surface area (Å²) in [4.78, 5) is 33.6. The van der Waals surface area contributed by atoms with E-state index in [1.54, 1.807) is 15.9 Å². The molecule has 2 aliphatic rings. The second kappa shape index (κ2) is 9.60. The molecule has 0 saturated carbocycles. The van der Waals surface area contributed by atoms with Crippen molar-refractivity contribution >= 4 is 39.2 Å². The number of nitrogens with one attached hydrogen (secondary N) is 1. The molecule has 3 heterocycles. The van der Waals surface area contributed by atoms with E-state index in [1.165, 1.54) is 22.2 Å². The third kappa shape index (κ3) is 4.61. The Balaban J connectivity index is 1.42. The molecule has 0 bridgehead atoms. The molecule has 0 unspecified atom stereocenters. The zero-order chi connectivity index (χ0) is 22.9. The molecule has 3 aromatic rings. The van der Waals surface area contributed by atoms with Crippen LogP contribution >= 0.6 is 23.1 Å². The third-order valence-corrected chi connectivity index (χ3v) is 8.79. The summed E-state index contributed by atoms with van der Waals surface area (Å²) >= 11 is 3.00. The Kier molecular flexibility index (Phi) is 6.58. The first-order valence-electron chi connectivity index (χ1n) is 11.7. The molecule has 1 N–H and O–H groups in total. The van der Waals surface area contributed by atoms with Crippen molar-refractivity contribution in [1.82, 2.24) is 14.9 Å². The molecule has 0 radical (unpaired) electrons. The molecule has 3 atom stereocenters. The lowest BCUT2D eigenvalue weighted by Crippen LogP contribution is -2.34. The van der Waals surface area contributed by atoms with Gasteiger partial charge in [0.1, 0.15) is 4.83 Å². The molecule has 1 aliphatic carbocycles. The number of thiophene rings is 1. The van der Waals surface area contributed by atoms with Gasteiger partial charge in [-0.15, -0.1) is 11.3 Å². The third-order valence-electron chi connectivity index (χ3n) is 6.51. The van der Waals surface area contributed by atoms with Crippen LogP contribution in [0.4, 0.5) is 0 Å². The number of carbonyl (C=O) groups excluding carboxylic acids is 1. The highest BCUT2D eigenvalue weighted by molar-refractivity contribution is 8.00. The fourth-order valence-electron chi connectivity index (χ4n) is 4.67. The number of nitrogens with zero attached hydrogens (tertiary/aromatic N) is 2. The van der Waals surface area contributed by atoms with E-state index in [0.717, 1.165) is 54.5 Å². The fraction of sp³-hybridized carbons (Fsp3) is 0.480. The lowest BCUT2D eigenvalue weighted by Gasteiger charge is -2.20. The van der Waals surface area contributed by atoms with Crippen LogP contribution < -0.4 is 10.9 Å². The molecule has 174 valence electrons. The molecule has 1 saturated heterocycles. The monoisotopic (exact) mass is 483 g/mol. The Hall–Kier alpha value is -2.16. The van der Waals surface area contributed by atoms with Crippen LogP contribution in [0.5, 0.6) is 0 Å². The van der Waals surface area contributed by atoms with Crippen molar-refractivity contribution in [2.45, 2.75) is 75.0 Å². The zero-order valence-electron chi connectivity index (χ0n) is 19.0. The van der Waals surface area contributed by atoms with Gasteiger partial charge in [0.05, 0.1) is 29.3 Å². The van der Waals surface area contributed by atoms with Crippen LogP contribution in [0, 0.1) is 0 Å². The van der Waals surface area contributed by atoms with Crippen molar-refractivity contribution in [2.24, 2.45) is 0 Å². The molecule has 5 rings (SSSR count). The van der Waals surface area contributed by atoms with Gasteiger partial charge >= 0.3 is 0 Å². The number of hydrogen-bond acceptors (Lipinski definition) is 6. The van der Waals surface area contributed by atoms with Crippen molar-refractivity contribution in [3.05, 3.63) is 56.7 Å². The smallest absolute Gasteiger partial charge is 0.263 e. The summed E-state index contributed by atoms with van der Waals surface area (Å²) < 4.78 is 7.60. The second-order valence-electron chi connectivity index (χ2n) is 8.88. The molecule has 1 aromatic carbocycles. The molecule has 33 heavy (non-hydrogen) atoms. The molecule has 1 fully saturated rings. The highest BCUT2D eigenvalue weighted by atomic mass is 32.2. The zero-order valence-corrected chi connectivity index (χ0v) is 20.6. The minimum Gasteiger partial charge on any atom is -0.376 e. The van der Waals surface area contributed by atoms with Crippen molar-refractivity contribution < 1.29 is 9.53 Å². The number of carbonyl (C=O) groups is 1. The number of amides is 1. The molecule has 1 aliphatic heterocycles. The number of ether oxygens (including phenoxy) is 1. The lowest BCUT2D eigenvalue weighted by molar-refractivity contribution is -0.120. The van der Waals surface area contributed by atoms with E-state index < -0.39 is 0 Å². The van der Waals surface area contributed by atoms with Gasteiger partial charge in [0.15, 0.2) is 5.16 Å². The first-order chi connectivity index (χ1) is 16.0. The number of aromatic nitrogens is 2. The van der Waals surface area contributed by atoms with Crippen molar-refractivity contribution in [3.8, 4) is 0 Å². The largest absolute Gasteiger partial charge is 0.376 e. The van der Waals surface area contributed by atoms with Crippen LogP contribution in [0.3, 0.4) is 0 Å². The first-order valence-corrected chi connectivity index (χ1v) is 13.4. The van der Waals surface area contributed by atoms with Crippen LogP contribution in [0.2, 0.25) is 0 Å². The molecule has 1 amide bonds. The molecular formula is C25H29N3O3S2. The number of thioether (sulfide) groups is 1. The molecule has 8 heteroatoms. The highest BCUT2D eigenvalue weighted by Gasteiger charge is 2.27. The van der Waals surface area contributed by atoms with Crippen molar-refractivity contribution in [3.63, 3.8) is 0 Å². The topological polar surface area (TPSA) is 73.2 Å². The maximum Gasteiger partial charge on any atom is 0.263 e. The number of fused-ring (bicyclic) bond motifs is 3. The Morgan fingerprint density at radius 2 is 2.09 bits per heavy atom. The fourth-order valence-corrected chi connectivity index (χ4v) is 6.90. The summed E-state index contributed by atoms with van der Waals surface area (Å²) in [5.74, 6) is -0.0666. The van der Waals surface area contributed by atoms with Gasteiger partial charge in [-0.3, -0.25) is 14.2 Å². The summed E-state index contributed by atoms with van der Waals surface area (Å²) in [6, 6.07) is 9.83. The predicted octanol–water partition coefficient (Wildman–Crippen LogP) is 4.48. The molecular weight excluding hydrogens is 454 g/mol. The van der Waals surface area contributed by atoms with Crippen LogP contribution in [0.15, 0.2) is 40.3 Å². The van der Waals surface area contributed by atoms with Gasteiger partial charge in [-0.2, -0.15) is 0 Å².